The monoisotopic (exact) mass is 379 g/mol. The van der Waals surface area contributed by atoms with Gasteiger partial charge >= 0.3 is 0 Å². The molecule has 6 heteroatoms. The molecule has 1 amide bonds. The third kappa shape index (κ3) is 4.79. The lowest BCUT2D eigenvalue weighted by atomic mass is 10.1. The van der Waals surface area contributed by atoms with Crippen LogP contribution in [0.15, 0.2) is 66.4 Å². The van der Waals surface area contributed by atoms with Gasteiger partial charge in [0.2, 0.25) is 0 Å². The molecule has 0 saturated heterocycles. The molecule has 1 heterocycles. The van der Waals surface area contributed by atoms with Crippen LogP contribution >= 0.6 is 22.9 Å². The van der Waals surface area contributed by atoms with Crippen molar-refractivity contribution in [1.29, 1.82) is 5.26 Å². The Morgan fingerprint density at radius 1 is 1.23 bits per heavy atom. The van der Waals surface area contributed by atoms with Gasteiger partial charge < -0.3 is 0 Å². The van der Waals surface area contributed by atoms with Crippen molar-refractivity contribution >= 4 is 40.1 Å². The predicted molar refractivity (Wildman–Crippen MR) is 105 cm³/mol. The molecule has 0 bridgehead atoms. The van der Waals surface area contributed by atoms with E-state index in [4.69, 9.17) is 11.6 Å². The van der Waals surface area contributed by atoms with E-state index in [-0.39, 0.29) is 5.57 Å². The first-order valence-corrected chi connectivity index (χ1v) is 9.01. The fourth-order valence-electron chi connectivity index (χ4n) is 2.32. The number of halogens is 1. The first-order valence-electron chi connectivity index (χ1n) is 7.81. The first kappa shape index (κ1) is 17.9. The van der Waals surface area contributed by atoms with Gasteiger partial charge in [-0.25, -0.2) is 4.98 Å². The molecule has 2 aromatic carbocycles. The fourth-order valence-corrected chi connectivity index (χ4v) is 3.38. The highest BCUT2D eigenvalue weighted by Crippen LogP contribution is 2.23. The van der Waals surface area contributed by atoms with Crippen LogP contribution in [0.25, 0.3) is 6.08 Å². The number of nitriles is 1. The molecule has 0 saturated carbocycles. The minimum Gasteiger partial charge on any atom is -0.297 e. The van der Waals surface area contributed by atoms with Crippen molar-refractivity contribution in [3.63, 3.8) is 0 Å². The molecule has 0 aliphatic carbocycles. The molecule has 4 nitrogen and oxygen atoms in total. The summed E-state index contributed by atoms with van der Waals surface area (Å²) in [5.74, 6) is -0.472. The summed E-state index contributed by atoms with van der Waals surface area (Å²) in [6, 6.07) is 18.8. The van der Waals surface area contributed by atoms with Crippen molar-refractivity contribution in [3.05, 3.63) is 87.4 Å². The minimum absolute atomic E-state index is 0.0304. The summed E-state index contributed by atoms with van der Waals surface area (Å²) in [7, 11) is 0. The maximum absolute atomic E-state index is 12.3. The van der Waals surface area contributed by atoms with Crippen LogP contribution in [-0.4, -0.2) is 10.9 Å². The van der Waals surface area contributed by atoms with E-state index in [1.54, 1.807) is 12.3 Å². The number of nitrogens with zero attached hydrogens (tertiary/aromatic N) is 2. The molecule has 0 aliphatic rings. The lowest BCUT2D eigenvalue weighted by Gasteiger charge is -2.00. The van der Waals surface area contributed by atoms with Crippen LogP contribution in [0.1, 0.15) is 16.0 Å². The largest absolute Gasteiger partial charge is 0.297 e. The molecular formula is C20H14ClN3OS. The zero-order valence-electron chi connectivity index (χ0n) is 13.6. The van der Waals surface area contributed by atoms with Gasteiger partial charge in [0.1, 0.15) is 11.6 Å². The molecule has 128 valence electrons. The van der Waals surface area contributed by atoms with E-state index in [1.165, 1.54) is 11.3 Å². The number of carbonyl (C=O) groups excluding carboxylic acids is 1. The summed E-state index contributed by atoms with van der Waals surface area (Å²) < 4.78 is 0. The second-order valence-corrected chi connectivity index (χ2v) is 7.02. The Labute approximate surface area is 160 Å². The average Bonchev–Trinajstić information content (AvgIpc) is 3.07. The Balaban J connectivity index is 1.69. The molecule has 0 radical (unpaired) electrons. The summed E-state index contributed by atoms with van der Waals surface area (Å²) in [4.78, 5) is 17.5. The maximum atomic E-state index is 12.3. The highest BCUT2D eigenvalue weighted by atomic mass is 35.5. The molecule has 1 N–H and O–H groups in total. The number of hydrogen-bond donors (Lipinski definition) is 1. The zero-order chi connectivity index (χ0) is 18.4. The number of hydrogen-bond acceptors (Lipinski definition) is 4. The molecule has 0 unspecified atom stereocenters. The minimum atomic E-state index is -0.472. The van der Waals surface area contributed by atoms with Gasteiger partial charge in [-0.1, -0.05) is 54.1 Å². The van der Waals surface area contributed by atoms with Crippen LogP contribution in [0.4, 0.5) is 5.13 Å². The SMILES string of the molecule is N#C/C(=C\c1ccccc1)C(=O)Nc1ncc(Cc2cccc(Cl)c2)s1. The molecule has 3 aromatic rings. The van der Waals surface area contributed by atoms with Gasteiger partial charge in [0.15, 0.2) is 5.13 Å². The fraction of sp³-hybridized carbons (Fsp3) is 0.0500. The van der Waals surface area contributed by atoms with Gasteiger partial charge in [-0.15, -0.1) is 11.3 Å². The molecule has 0 aliphatic heterocycles. The molecule has 0 spiro atoms. The molecule has 0 atom stereocenters. The smallest absolute Gasteiger partial charge is 0.268 e. The Morgan fingerprint density at radius 2 is 2.04 bits per heavy atom. The van der Waals surface area contributed by atoms with Crippen molar-refractivity contribution in [2.45, 2.75) is 6.42 Å². The second kappa shape index (κ2) is 8.43. The third-order valence-electron chi connectivity index (χ3n) is 3.52. The topological polar surface area (TPSA) is 65.8 Å². The van der Waals surface area contributed by atoms with Crippen molar-refractivity contribution in [3.8, 4) is 6.07 Å². The van der Waals surface area contributed by atoms with Crippen molar-refractivity contribution < 1.29 is 4.79 Å². The van der Waals surface area contributed by atoms with Crippen LogP contribution in [-0.2, 0) is 11.2 Å². The van der Waals surface area contributed by atoms with Gasteiger partial charge in [0.25, 0.3) is 5.91 Å². The van der Waals surface area contributed by atoms with E-state index in [2.05, 4.69) is 10.3 Å². The third-order valence-corrected chi connectivity index (χ3v) is 4.66. The number of rotatable bonds is 5. The first-order chi connectivity index (χ1) is 12.6. The highest BCUT2D eigenvalue weighted by molar-refractivity contribution is 7.15. The van der Waals surface area contributed by atoms with Crippen molar-refractivity contribution in [2.24, 2.45) is 0 Å². The Morgan fingerprint density at radius 3 is 2.77 bits per heavy atom. The number of anilines is 1. The molecule has 1 aromatic heterocycles. The standard InChI is InChI=1S/C20H14ClN3OS/c21-17-8-4-7-15(10-17)11-18-13-23-20(26-18)24-19(25)16(12-22)9-14-5-2-1-3-6-14/h1-10,13H,11H2,(H,23,24,25)/b16-9+. The molecule has 0 fully saturated rings. The number of thiazole rings is 1. The number of amides is 1. The van der Waals surface area contributed by atoms with E-state index in [0.29, 0.717) is 16.6 Å². The summed E-state index contributed by atoms with van der Waals surface area (Å²) in [5, 5.41) is 13.1. The summed E-state index contributed by atoms with van der Waals surface area (Å²) in [6.45, 7) is 0. The second-order valence-electron chi connectivity index (χ2n) is 5.47. The van der Waals surface area contributed by atoms with Crippen LogP contribution in [0.3, 0.4) is 0 Å². The maximum Gasteiger partial charge on any atom is 0.268 e. The number of aromatic nitrogens is 1. The number of nitrogens with one attached hydrogen (secondary N) is 1. The molecule has 3 rings (SSSR count). The van der Waals surface area contributed by atoms with Crippen molar-refractivity contribution in [2.75, 3.05) is 5.32 Å². The van der Waals surface area contributed by atoms with E-state index in [9.17, 15) is 10.1 Å². The van der Waals surface area contributed by atoms with Gasteiger partial charge in [-0.2, -0.15) is 5.26 Å². The Hall–Kier alpha value is -2.94. The Kier molecular flexibility index (Phi) is 5.80. The van der Waals surface area contributed by atoms with Crippen LogP contribution in [0.2, 0.25) is 5.02 Å². The zero-order valence-corrected chi connectivity index (χ0v) is 15.2. The van der Waals surface area contributed by atoms with Gasteiger partial charge in [0, 0.05) is 22.5 Å². The van der Waals surface area contributed by atoms with Gasteiger partial charge in [-0.05, 0) is 29.3 Å². The van der Waals surface area contributed by atoms with Crippen LogP contribution in [0, 0.1) is 11.3 Å². The lowest BCUT2D eigenvalue weighted by molar-refractivity contribution is -0.112. The Bertz CT molecular complexity index is 990. The van der Waals surface area contributed by atoms with E-state index >= 15 is 0 Å². The molecular weight excluding hydrogens is 366 g/mol. The van der Waals surface area contributed by atoms with Gasteiger partial charge in [0.05, 0.1) is 0 Å². The van der Waals surface area contributed by atoms with Crippen LogP contribution in [0.5, 0.6) is 0 Å². The van der Waals surface area contributed by atoms with Crippen LogP contribution < -0.4 is 5.32 Å². The number of carbonyl (C=O) groups is 1. The van der Waals surface area contributed by atoms with E-state index < -0.39 is 5.91 Å². The lowest BCUT2D eigenvalue weighted by Crippen LogP contribution is -2.13. The summed E-state index contributed by atoms with van der Waals surface area (Å²) in [5.41, 5.74) is 1.89. The normalized spacial score (nSPS) is 11.0. The van der Waals surface area contributed by atoms with Crippen molar-refractivity contribution in [1.82, 2.24) is 4.98 Å². The van der Waals surface area contributed by atoms with E-state index in [1.807, 2.05) is 60.7 Å². The number of benzene rings is 2. The quantitative estimate of drug-likeness (QED) is 0.504. The molecule has 26 heavy (non-hydrogen) atoms. The summed E-state index contributed by atoms with van der Waals surface area (Å²) in [6.07, 6.45) is 3.95. The predicted octanol–water partition coefficient (Wildman–Crippen LogP) is 4.93. The highest BCUT2D eigenvalue weighted by Gasteiger charge is 2.12. The summed E-state index contributed by atoms with van der Waals surface area (Å²) >= 11 is 7.37. The van der Waals surface area contributed by atoms with Gasteiger partial charge in [-0.3, -0.25) is 10.1 Å². The average molecular weight is 380 g/mol. The van der Waals surface area contributed by atoms with E-state index in [0.717, 1.165) is 16.0 Å².